The number of amides is 1. The molecule has 0 fully saturated rings. The first kappa shape index (κ1) is 2.28. The van der Waals surface area contributed by atoms with Crippen molar-refractivity contribution in [1.29, 1.82) is 0 Å². The zero-order valence-corrected chi connectivity index (χ0v) is 2.41. The maximum absolute atomic E-state index is 9.61. The molecule has 0 unspecified atom stereocenters. The summed E-state index contributed by atoms with van der Waals surface area (Å²) in [6, 6.07) is 2.31. The summed E-state index contributed by atoms with van der Waals surface area (Å²) in [4.78, 5) is 9.61. The highest BCUT2D eigenvalue weighted by atomic mass is 16.1. The maximum Gasteiger partial charge on any atom is 0.309 e. The predicted molar refractivity (Wildman–Crippen MR) is 15.9 cm³/mol. The standard InChI is InChI=1S/C3HNO/c5-3-1-2-4-3/h(H,4,5). The van der Waals surface area contributed by atoms with Gasteiger partial charge < -0.3 is 0 Å². The molecule has 5 heavy (non-hydrogen) atoms. The molecule has 0 saturated carbocycles. The Morgan fingerprint density at radius 1 is 1.80 bits per heavy atom. The number of carbonyl (C=O) groups excluding carboxylic acids is 1. The van der Waals surface area contributed by atoms with E-state index in [9.17, 15) is 4.79 Å². The molecule has 0 aromatic carbocycles. The summed E-state index contributed by atoms with van der Waals surface area (Å²) in [6.45, 7) is 0. The van der Waals surface area contributed by atoms with Crippen molar-refractivity contribution < 1.29 is 4.79 Å². The lowest BCUT2D eigenvalue weighted by Gasteiger charge is -1.89. The summed E-state index contributed by atoms with van der Waals surface area (Å²) < 4.78 is 0. The van der Waals surface area contributed by atoms with E-state index in [1.165, 1.54) is 0 Å². The zero-order valence-electron chi connectivity index (χ0n) is 2.41. The molecule has 1 heterocycles. The zero-order chi connectivity index (χ0) is 3.70. The molecule has 0 aromatic heterocycles. The minimum absolute atomic E-state index is 0.176. The SMILES string of the molecule is O=C1C#CN1. The van der Waals surface area contributed by atoms with Gasteiger partial charge in [0.1, 0.15) is 0 Å². The lowest BCUT2D eigenvalue weighted by Crippen LogP contribution is -2.22. The van der Waals surface area contributed by atoms with Crippen molar-refractivity contribution >= 4 is 5.91 Å². The summed E-state index contributed by atoms with van der Waals surface area (Å²) >= 11 is 0. The van der Waals surface area contributed by atoms with E-state index in [1.807, 2.05) is 0 Å². The Morgan fingerprint density at radius 2 is 2.20 bits per heavy atom. The number of nitrogens with one attached hydrogen (secondary N) is 1. The second kappa shape index (κ2) is 0.494. The fourth-order valence-corrected chi connectivity index (χ4v) is 0.114. The van der Waals surface area contributed by atoms with Gasteiger partial charge in [-0.15, -0.1) is 0 Å². The van der Waals surface area contributed by atoms with Gasteiger partial charge in [-0.1, -0.05) is 0 Å². The molecule has 0 saturated heterocycles. The topological polar surface area (TPSA) is 29.1 Å². The first-order valence-electron chi connectivity index (χ1n) is 1.20. The Hall–Kier alpha value is -0.970. The lowest BCUT2D eigenvalue weighted by atomic mass is 10.5. The molecule has 24 valence electrons. The summed E-state index contributed by atoms with van der Waals surface area (Å²) in [5, 5.41) is 2.21. The van der Waals surface area contributed by atoms with Crippen molar-refractivity contribution in [3.05, 3.63) is 0 Å². The van der Waals surface area contributed by atoms with Crippen LogP contribution in [0.4, 0.5) is 0 Å². The van der Waals surface area contributed by atoms with Crippen molar-refractivity contribution in [3.63, 3.8) is 0 Å². The van der Waals surface area contributed by atoms with Crippen LogP contribution in [0.5, 0.6) is 0 Å². The van der Waals surface area contributed by atoms with Crippen LogP contribution in [0.2, 0.25) is 0 Å². The molecular weight excluding hydrogens is 66.0 g/mol. The van der Waals surface area contributed by atoms with Gasteiger partial charge in [0.15, 0.2) is 0 Å². The number of hydrogen-bond acceptors (Lipinski definition) is 1. The van der Waals surface area contributed by atoms with Gasteiger partial charge in [-0.25, -0.2) is 0 Å². The number of hydrogen-bond donors (Lipinski definition) is 1. The lowest BCUT2D eigenvalue weighted by molar-refractivity contribution is -0.115. The minimum atomic E-state index is -0.176. The molecule has 2 nitrogen and oxygen atoms in total. The van der Waals surface area contributed by atoms with E-state index in [-0.39, 0.29) is 5.91 Å². The van der Waals surface area contributed by atoms with Gasteiger partial charge in [-0.2, -0.15) is 0 Å². The van der Waals surface area contributed by atoms with Gasteiger partial charge in [0.05, 0.1) is 0 Å². The van der Waals surface area contributed by atoms with Crippen LogP contribution in [0.3, 0.4) is 0 Å². The third-order valence-electron chi connectivity index (χ3n) is 0.352. The van der Waals surface area contributed by atoms with E-state index >= 15 is 0 Å². The molecule has 0 atom stereocenters. The van der Waals surface area contributed by atoms with Crippen LogP contribution in [0.15, 0.2) is 0 Å². The minimum Gasteiger partial charge on any atom is -0.274 e. The first-order valence-corrected chi connectivity index (χ1v) is 1.20. The fraction of sp³-hybridized carbons (Fsp3) is 0. The normalized spacial score (nSPS) is 14.0. The Morgan fingerprint density at radius 3 is 2.20 bits per heavy atom. The average Bonchev–Trinajstić information content (AvgIpc) is 1.30. The fourth-order valence-electron chi connectivity index (χ4n) is 0.114. The van der Waals surface area contributed by atoms with Crippen LogP contribution in [-0.2, 0) is 4.79 Å². The summed E-state index contributed by atoms with van der Waals surface area (Å²) in [6.07, 6.45) is 0. The third-order valence-corrected chi connectivity index (χ3v) is 0.352. The molecule has 2 heteroatoms. The number of rotatable bonds is 0. The Kier molecular flexibility index (Phi) is 0.225. The van der Waals surface area contributed by atoms with Gasteiger partial charge in [0, 0.05) is 12.0 Å². The molecule has 1 aliphatic heterocycles. The molecule has 0 aromatic rings. The molecule has 1 rings (SSSR count). The summed E-state index contributed by atoms with van der Waals surface area (Å²) in [7, 11) is 0. The van der Waals surface area contributed by atoms with Crippen molar-refractivity contribution in [1.82, 2.24) is 5.32 Å². The highest BCUT2D eigenvalue weighted by Gasteiger charge is 1.94. The quantitative estimate of drug-likeness (QED) is 0.365. The van der Waals surface area contributed by atoms with Gasteiger partial charge in [-0.05, 0) is 0 Å². The molecule has 0 radical (unpaired) electrons. The van der Waals surface area contributed by atoms with Crippen LogP contribution in [0.1, 0.15) is 0 Å². The van der Waals surface area contributed by atoms with Crippen LogP contribution in [0, 0.1) is 12.0 Å². The molecule has 0 bridgehead atoms. The van der Waals surface area contributed by atoms with E-state index in [2.05, 4.69) is 17.3 Å². The van der Waals surface area contributed by atoms with Crippen molar-refractivity contribution in [2.45, 2.75) is 0 Å². The van der Waals surface area contributed by atoms with Crippen molar-refractivity contribution in [3.8, 4) is 12.0 Å². The van der Waals surface area contributed by atoms with E-state index in [0.29, 0.717) is 0 Å². The smallest absolute Gasteiger partial charge is 0.274 e. The first-order chi connectivity index (χ1) is 2.39. The second-order valence-electron chi connectivity index (χ2n) is 0.704. The molecule has 1 aliphatic rings. The van der Waals surface area contributed by atoms with Crippen LogP contribution in [-0.4, -0.2) is 5.91 Å². The van der Waals surface area contributed by atoms with E-state index in [4.69, 9.17) is 0 Å². The highest BCUT2D eigenvalue weighted by Crippen LogP contribution is 1.64. The Bertz CT molecular complexity index is 117. The van der Waals surface area contributed by atoms with Crippen LogP contribution in [0.25, 0.3) is 0 Å². The van der Waals surface area contributed by atoms with Gasteiger partial charge >= 0.3 is 5.91 Å². The second-order valence-corrected chi connectivity index (χ2v) is 0.704. The van der Waals surface area contributed by atoms with Crippen molar-refractivity contribution in [2.24, 2.45) is 0 Å². The monoisotopic (exact) mass is 67.0 g/mol. The largest absolute Gasteiger partial charge is 0.309 e. The highest BCUT2D eigenvalue weighted by molar-refractivity contribution is 6.00. The van der Waals surface area contributed by atoms with Crippen molar-refractivity contribution in [2.75, 3.05) is 0 Å². The molecule has 0 spiro atoms. The van der Waals surface area contributed by atoms with E-state index in [0.717, 1.165) is 0 Å². The van der Waals surface area contributed by atoms with E-state index < -0.39 is 0 Å². The predicted octanol–water partition coefficient (Wildman–Crippen LogP) is -0.923. The Balaban J connectivity index is 2.87. The molecule has 0 aliphatic carbocycles. The van der Waals surface area contributed by atoms with Gasteiger partial charge in [0.25, 0.3) is 0 Å². The maximum atomic E-state index is 9.61. The van der Waals surface area contributed by atoms with Crippen LogP contribution >= 0.6 is 0 Å². The third kappa shape index (κ3) is 0.127. The molecule has 1 amide bonds. The number of carbonyl (C=O) groups is 1. The molecular formula is C3HNO. The van der Waals surface area contributed by atoms with E-state index in [1.54, 1.807) is 0 Å². The molecule has 1 N–H and O–H groups in total. The van der Waals surface area contributed by atoms with Gasteiger partial charge in [-0.3, -0.25) is 10.1 Å². The van der Waals surface area contributed by atoms with Crippen LogP contribution < -0.4 is 5.32 Å². The Labute approximate surface area is 29.2 Å². The summed E-state index contributed by atoms with van der Waals surface area (Å²) in [5.74, 6) is 2.03. The summed E-state index contributed by atoms with van der Waals surface area (Å²) in [5.41, 5.74) is 0. The van der Waals surface area contributed by atoms with Gasteiger partial charge in [0.2, 0.25) is 0 Å². The average molecular weight is 67.0 g/mol.